The van der Waals surface area contributed by atoms with Gasteiger partial charge in [0.25, 0.3) is 5.91 Å². The number of benzene rings is 2. The molecule has 0 spiro atoms. The number of nitrogens with zero attached hydrogens (tertiary/aromatic N) is 3. The number of ether oxygens (including phenoxy) is 1. The highest BCUT2D eigenvalue weighted by atomic mass is 32.2. The highest BCUT2D eigenvalue weighted by molar-refractivity contribution is 7.99. The molecule has 0 aliphatic heterocycles. The summed E-state index contributed by atoms with van der Waals surface area (Å²) in [5, 5.41) is 14.8. The predicted octanol–water partition coefficient (Wildman–Crippen LogP) is 4.00. The fourth-order valence-electron chi connectivity index (χ4n) is 3.34. The van der Waals surface area contributed by atoms with Crippen molar-refractivity contribution in [2.45, 2.75) is 45.4 Å². The molecular formula is C25H29N5O4S. The van der Waals surface area contributed by atoms with Crippen LogP contribution in [0.15, 0.2) is 53.7 Å². The number of aromatic nitrogens is 3. The van der Waals surface area contributed by atoms with Gasteiger partial charge in [-0.15, -0.1) is 10.2 Å². The summed E-state index contributed by atoms with van der Waals surface area (Å²) in [4.78, 5) is 37.0. The van der Waals surface area contributed by atoms with Crippen LogP contribution in [0.4, 0.5) is 5.69 Å². The second kappa shape index (κ2) is 12.2. The molecule has 9 nitrogen and oxygen atoms in total. The molecule has 0 unspecified atom stereocenters. The number of amides is 2. The summed E-state index contributed by atoms with van der Waals surface area (Å²) < 4.78 is 6.87. The van der Waals surface area contributed by atoms with Crippen molar-refractivity contribution in [1.82, 2.24) is 20.1 Å². The summed E-state index contributed by atoms with van der Waals surface area (Å²) in [5.74, 6) is -0.167. The van der Waals surface area contributed by atoms with E-state index in [-0.39, 0.29) is 30.2 Å². The zero-order valence-electron chi connectivity index (χ0n) is 20.2. The Labute approximate surface area is 208 Å². The third-order valence-corrected chi connectivity index (χ3v) is 6.07. The lowest BCUT2D eigenvalue weighted by Gasteiger charge is -2.15. The average Bonchev–Trinajstić information content (AvgIpc) is 3.26. The summed E-state index contributed by atoms with van der Waals surface area (Å²) in [6.45, 7) is 8.36. The molecule has 2 amide bonds. The van der Waals surface area contributed by atoms with E-state index in [1.54, 1.807) is 43.3 Å². The second-order valence-corrected chi connectivity index (χ2v) is 8.73. The first-order valence-corrected chi connectivity index (χ1v) is 12.3. The van der Waals surface area contributed by atoms with E-state index < -0.39 is 5.97 Å². The number of hydrogen-bond acceptors (Lipinski definition) is 7. The van der Waals surface area contributed by atoms with Crippen LogP contribution in [0.25, 0.3) is 0 Å². The van der Waals surface area contributed by atoms with Gasteiger partial charge in [-0.25, -0.2) is 4.79 Å². The van der Waals surface area contributed by atoms with Crippen molar-refractivity contribution < 1.29 is 19.1 Å². The van der Waals surface area contributed by atoms with Crippen molar-refractivity contribution >= 4 is 35.2 Å². The molecule has 1 aromatic heterocycles. The highest BCUT2D eigenvalue weighted by Crippen LogP contribution is 2.21. The highest BCUT2D eigenvalue weighted by Gasteiger charge is 2.20. The van der Waals surface area contributed by atoms with Gasteiger partial charge < -0.3 is 19.9 Å². The molecule has 10 heteroatoms. The Kier molecular flexibility index (Phi) is 9.02. The van der Waals surface area contributed by atoms with Gasteiger partial charge in [0.05, 0.1) is 24.0 Å². The largest absolute Gasteiger partial charge is 0.462 e. The molecule has 0 aliphatic rings. The Morgan fingerprint density at radius 1 is 1.06 bits per heavy atom. The third kappa shape index (κ3) is 6.92. The number of carbonyl (C=O) groups excluding carboxylic acids is 3. The van der Waals surface area contributed by atoms with Gasteiger partial charge in [-0.05, 0) is 58.0 Å². The van der Waals surface area contributed by atoms with Crippen molar-refractivity contribution in [3.63, 3.8) is 0 Å². The summed E-state index contributed by atoms with van der Waals surface area (Å²) in [6, 6.07) is 13.6. The van der Waals surface area contributed by atoms with E-state index in [0.29, 0.717) is 34.3 Å². The normalized spacial score (nSPS) is 11.5. The monoisotopic (exact) mass is 495 g/mol. The molecule has 3 rings (SSSR count). The van der Waals surface area contributed by atoms with Gasteiger partial charge in [0.1, 0.15) is 0 Å². The molecular weight excluding hydrogens is 466 g/mol. The number of nitrogens with one attached hydrogen (secondary N) is 2. The summed E-state index contributed by atoms with van der Waals surface area (Å²) in [7, 11) is 0. The van der Waals surface area contributed by atoms with Gasteiger partial charge in [0.2, 0.25) is 5.91 Å². The smallest absolute Gasteiger partial charge is 0.338 e. The molecule has 0 saturated heterocycles. The van der Waals surface area contributed by atoms with Gasteiger partial charge in [-0.3, -0.25) is 9.59 Å². The Bertz CT molecular complexity index is 1190. The number of thioether (sulfide) groups is 1. The quantitative estimate of drug-likeness (QED) is 0.323. The molecule has 184 valence electrons. The number of hydrogen-bond donors (Lipinski definition) is 2. The third-order valence-electron chi connectivity index (χ3n) is 5.10. The number of esters is 1. The summed E-state index contributed by atoms with van der Waals surface area (Å²) in [5.41, 5.74) is 2.53. The minimum Gasteiger partial charge on any atom is -0.462 e. The zero-order chi connectivity index (χ0) is 25.4. The van der Waals surface area contributed by atoms with Crippen molar-refractivity contribution in [3.8, 4) is 0 Å². The first-order valence-electron chi connectivity index (χ1n) is 11.3. The van der Waals surface area contributed by atoms with E-state index >= 15 is 0 Å². The van der Waals surface area contributed by atoms with E-state index in [4.69, 9.17) is 4.74 Å². The lowest BCUT2D eigenvalue weighted by atomic mass is 10.1. The van der Waals surface area contributed by atoms with Crippen molar-refractivity contribution in [2.75, 3.05) is 17.7 Å². The number of carbonyl (C=O) groups is 3. The van der Waals surface area contributed by atoms with E-state index in [1.807, 2.05) is 37.5 Å². The summed E-state index contributed by atoms with van der Waals surface area (Å²) >= 11 is 1.25. The first-order chi connectivity index (χ1) is 16.8. The maximum Gasteiger partial charge on any atom is 0.338 e. The minimum atomic E-state index is -0.440. The molecule has 0 bridgehead atoms. The van der Waals surface area contributed by atoms with Crippen molar-refractivity contribution in [2.24, 2.45) is 0 Å². The maximum absolute atomic E-state index is 12.6. The topological polar surface area (TPSA) is 115 Å². The number of aryl methyl sites for hydroxylation is 1. The van der Waals surface area contributed by atoms with E-state index in [1.165, 1.54) is 11.8 Å². The van der Waals surface area contributed by atoms with Crippen LogP contribution in [0.2, 0.25) is 0 Å². The van der Waals surface area contributed by atoms with Gasteiger partial charge in [-0.1, -0.05) is 35.5 Å². The first kappa shape index (κ1) is 26.0. The fourth-order valence-corrected chi connectivity index (χ4v) is 4.15. The van der Waals surface area contributed by atoms with E-state index in [9.17, 15) is 14.4 Å². The molecule has 0 radical (unpaired) electrons. The number of anilines is 1. The molecule has 2 N–H and O–H groups in total. The van der Waals surface area contributed by atoms with Crippen LogP contribution < -0.4 is 10.6 Å². The molecule has 0 fully saturated rings. The van der Waals surface area contributed by atoms with Crippen LogP contribution in [0, 0.1) is 6.92 Å². The molecule has 1 atom stereocenters. The summed E-state index contributed by atoms with van der Waals surface area (Å²) in [6.07, 6.45) is 0. The van der Waals surface area contributed by atoms with Gasteiger partial charge in [-0.2, -0.15) is 0 Å². The standard InChI is InChI=1S/C25H29N5O4S/c1-5-30-22(17(4)26-23(32)18-12-10-16(3)11-13-18)28-29-25(30)35-15-21(31)27-20-9-7-8-19(14-20)24(33)34-6-2/h7-14,17H,5-6,15H2,1-4H3,(H,26,32)(H,27,31)/t17-/m0/s1. The molecule has 0 aliphatic carbocycles. The Balaban J connectivity index is 1.60. The minimum absolute atomic E-state index is 0.103. The van der Waals surface area contributed by atoms with Crippen LogP contribution in [0.3, 0.4) is 0 Å². The van der Waals surface area contributed by atoms with Crippen LogP contribution in [0.5, 0.6) is 0 Å². The molecule has 3 aromatic rings. The maximum atomic E-state index is 12.6. The predicted molar refractivity (Wildman–Crippen MR) is 135 cm³/mol. The van der Waals surface area contributed by atoms with Crippen LogP contribution in [-0.4, -0.2) is 44.9 Å². The van der Waals surface area contributed by atoms with Crippen LogP contribution >= 0.6 is 11.8 Å². The Hall–Kier alpha value is -3.66. The van der Waals surface area contributed by atoms with Crippen LogP contribution in [-0.2, 0) is 16.1 Å². The zero-order valence-corrected chi connectivity index (χ0v) is 21.0. The van der Waals surface area contributed by atoms with Crippen LogP contribution in [0.1, 0.15) is 58.9 Å². The van der Waals surface area contributed by atoms with Gasteiger partial charge in [0.15, 0.2) is 11.0 Å². The lowest BCUT2D eigenvalue weighted by Crippen LogP contribution is -2.28. The lowest BCUT2D eigenvalue weighted by molar-refractivity contribution is -0.113. The van der Waals surface area contributed by atoms with Crippen molar-refractivity contribution in [1.29, 1.82) is 0 Å². The molecule has 35 heavy (non-hydrogen) atoms. The Morgan fingerprint density at radius 2 is 1.80 bits per heavy atom. The van der Waals surface area contributed by atoms with E-state index in [2.05, 4.69) is 20.8 Å². The Morgan fingerprint density at radius 3 is 2.49 bits per heavy atom. The average molecular weight is 496 g/mol. The SMILES string of the molecule is CCOC(=O)c1cccc(NC(=O)CSc2nnc([C@H](C)NC(=O)c3ccc(C)cc3)n2CC)c1. The van der Waals surface area contributed by atoms with E-state index in [0.717, 1.165) is 5.56 Å². The van der Waals surface area contributed by atoms with Gasteiger partial charge in [0, 0.05) is 17.8 Å². The molecule has 0 saturated carbocycles. The number of rotatable bonds is 10. The second-order valence-electron chi connectivity index (χ2n) is 7.78. The molecule has 1 heterocycles. The molecule has 2 aromatic carbocycles. The van der Waals surface area contributed by atoms with Crippen molar-refractivity contribution in [3.05, 3.63) is 71.0 Å². The van der Waals surface area contributed by atoms with Gasteiger partial charge >= 0.3 is 5.97 Å². The fraction of sp³-hybridized carbons (Fsp3) is 0.320.